The van der Waals surface area contributed by atoms with Gasteiger partial charge in [0.05, 0.1) is 12.1 Å². The molecule has 2 aromatic carbocycles. The molecule has 1 N–H and O–H groups in total. The van der Waals surface area contributed by atoms with Gasteiger partial charge in [-0.05, 0) is 42.7 Å². The summed E-state index contributed by atoms with van der Waals surface area (Å²) >= 11 is 0. The molecule has 0 spiro atoms. The third-order valence-electron chi connectivity index (χ3n) is 4.34. The summed E-state index contributed by atoms with van der Waals surface area (Å²) in [6.07, 6.45) is -5.93. The van der Waals surface area contributed by atoms with Crippen molar-refractivity contribution in [3.8, 4) is 5.75 Å². The van der Waals surface area contributed by atoms with Gasteiger partial charge in [-0.2, -0.15) is 23.3 Å². The molecule has 28 heavy (non-hydrogen) atoms. The number of hydrogen-bond acceptors (Lipinski definition) is 4. The summed E-state index contributed by atoms with van der Waals surface area (Å²) in [4.78, 5) is 12.5. The number of hydrazone groups is 1. The van der Waals surface area contributed by atoms with Crippen molar-refractivity contribution in [1.82, 2.24) is 5.01 Å². The predicted octanol–water partition coefficient (Wildman–Crippen LogP) is 3.57. The number of amides is 1. The summed E-state index contributed by atoms with van der Waals surface area (Å²) < 4.78 is 46.0. The van der Waals surface area contributed by atoms with Gasteiger partial charge in [0.25, 0.3) is 11.6 Å². The number of aliphatic hydroxyl groups is 1. The maximum absolute atomic E-state index is 13.6. The molecule has 1 heterocycles. The van der Waals surface area contributed by atoms with Gasteiger partial charge in [-0.3, -0.25) is 4.79 Å². The maximum Gasteiger partial charge on any atom is 0.438 e. The Balaban J connectivity index is 1.85. The third kappa shape index (κ3) is 3.87. The molecule has 0 radical (unpaired) electrons. The molecule has 0 aliphatic carbocycles. The molecule has 8 heteroatoms. The van der Waals surface area contributed by atoms with Gasteiger partial charge in [-0.15, -0.1) is 0 Å². The fourth-order valence-electron chi connectivity index (χ4n) is 3.04. The number of aryl methyl sites for hydroxylation is 2. The molecule has 1 aliphatic rings. The third-order valence-corrected chi connectivity index (χ3v) is 4.34. The van der Waals surface area contributed by atoms with Crippen LogP contribution < -0.4 is 4.74 Å². The molecule has 0 aromatic heterocycles. The van der Waals surface area contributed by atoms with Crippen molar-refractivity contribution in [3.05, 3.63) is 65.2 Å². The second-order valence-corrected chi connectivity index (χ2v) is 6.72. The zero-order valence-corrected chi connectivity index (χ0v) is 15.3. The number of carbonyl (C=O) groups is 1. The van der Waals surface area contributed by atoms with Crippen molar-refractivity contribution in [2.24, 2.45) is 5.10 Å². The largest absolute Gasteiger partial charge is 0.484 e. The molecular weight excluding hydrogens is 373 g/mol. The Bertz CT molecular complexity index is 892. The van der Waals surface area contributed by atoms with E-state index in [9.17, 15) is 23.1 Å². The smallest absolute Gasteiger partial charge is 0.438 e. The lowest BCUT2D eigenvalue weighted by molar-refractivity contribution is -0.302. The SMILES string of the molecule is Cc1cc(C)cc(OCC(=O)N2N=C(c3ccccc3)CC2(O)C(F)(F)F)c1. The molecule has 0 fully saturated rings. The van der Waals surface area contributed by atoms with Gasteiger partial charge in [0, 0.05) is 0 Å². The Morgan fingerprint density at radius 1 is 1.18 bits per heavy atom. The van der Waals surface area contributed by atoms with Crippen LogP contribution in [-0.4, -0.2) is 40.2 Å². The van der Waals surface area contributed by atoms with Crippen LogP contribution in [0.15, 0.2) is 53.6 Å². The number of nitrogens with zero attached hydrogens (tertiary/aromatic N) is 2. The quantitative estimate of drug-likeness (QED) is 0.865. The Kier molecular flexibility index (Phi) is 5.16. The van der Waals surface area contributed by atoms with E-state index in [1.54, 1.807) is 42.5 Å². The Labute approximate surface area is 160 Å². The van der Waals surface area contributed by atoms with E-state index in [1.807, 2.05) is 19.9 Å². The molecule has 5 nitrogen and oxygen atoms in total. The molecule has 0 saturated carbocycles. The lowest BCUT2D eigenvalue weighted by Crippen LogP contribution is -2.57. The molecule has 1 amide bonds. The second kappa shape index (κ2) is 7.27. The first kappa shape index (κ1) is 19.9. The van der Waals surface area contributed by atoms with Crippen molar-refractivity contribution in [2.75, 3.05) is 6.61 Å². The van der Waals surface area contributed by atoms with Crippen molar-refractivity contribution >= 4 is 11.6 Å². The molecule has 1 aliphatic heterocycles. The minimum Gasteiger partial charge on any atom is -0.484 e. The van der Waals surface area contributed by atoms with Crippen molar-refractivity contribution < 1.29 is 27.8 Å². The van der Waals surface area contributed by atoms with Gasteiger partial charge in [0.1, 0.15) is 5.75 Å². The second-order valence-electron chi connectivity index (χ2n) is 6.72. The lowest BCUT2D eigenvalue weighted by atomic mass is 10.0. The van der Waals surface area contributed by atoms with Crippen LogP contribution in [0.5, 0.6) is 5.75 Å². The number of benzene rings is 2. The monoisotopic (exact) mass is 392 g/mol. The average molecular weight is 392 g/mol. The number of alkyl halides is 3. The first-order chi connectivity index (χ1) is 13.1. The van der Waals surface area contributed by atoms with E-state index in [4.69, 9.17) is 4.74 Å². The Morgan fingerprint density at radius 3 is 2.36 bits per heavy atom. The van der Waals surface area contributed by atoms with E-state index >= 15 is 0 Å². The van der Waals surface area contributed by atoms with Crippen LogP contribution in [0.1, 0.15) is 23.1 Å². The predicted molar refractivity (Wildman–Crippen MR) is 96.9 cm³/mol. The minimum atomic E-state index is -5.08. The van der Waals surface area contributed by atoms with Gasteiger partial charge in [-0.1, -0.05) is 36.4 Å². The van der Waals surface area contributed by atoms with Crippen LogP contribution in [0.4, 0.5) is 13.2 Å². The first-order valence-electron chi connectivity index (χ1n) is 8.56. The van der Waals surface area contributed by atoms with Crippen LogP contribution in [0, 0.1) is 13.8 Å². The number of ether oxygens (including phenoxy) is 1. The van der Waals surface area contributed by atoms with E-state index in [-0.39, 0.29) is 10.7 Å². The van der Waals surface area contributed by atoms with Crippen molar-refractivity contribution in [1.29, 1.82) is 0 Å². The highest BCUT2D eigenvalue weighted by atomic mass is 19.4. The highest BCUT2D eigenvalue weighted by Gasteiger charge is 2.63. The lowest BCUT2D eigenvalue weighted by Gasteiger charge is -2.32. The molecule has 0 saturated heterocycles. The summed E-state index contributed by atoms with van der Waals surface area (Å²) in [6.45, 7) is 2.98. The summed E-state index contributed by atoms with van der Waals surface area (Å²) in [7, 11) is 0. The summed E-state index contributed by atoms with van der Waals surface area (Å²) in [6, 6.07) is 13.3. The average Bonchev–Trinajstić information content (AvgIpc) is 2.99. The molecular formula is C20H19F3N2O3. The van der Waals surface area contributed by atoms with Crippen LogP contribution in [0.25, 0.3) is 0 Å². The van der Waals surface area contributed by atoms with Gasteiger partial charge in [0.2, 0.25) is 0 Å². The van der Waals surface area contributed by atoms with E-state index in [0.717, 1.165) is 11.1 Å². The zero-order valence-electron chi connectivity index (χ0n) is 15.3. The van der Waals surface area contributed by atoms with Gasteiger partial charge < -0.3 is 9.84 Å². The highest BCUT2D eigenvalue weighted by Crippen LogP contribution is 2.41. The van der Waals surface area contributed by atoms with Crippen molar-refractivity contribution in [2.45, 2.75) is 32.2 Å². The van der Waals surface area contributed by atoms with Crippen LogP contribution in [0.3, 0.4) is 0 Å². The van der Waals surface area contributed by atoms with Crippen LogP contribution >= 0.6 is 0 Å². The Hall–Kier alpha value is -2.87. The normalized spacial score (nSPS) is 19.5. The highest BCUT2D eigenvalue weighted by molar-refractivity contribution is 6.03. The molecule has 148 valence electrons. The van der Waals surface area contributed by atoms with E-state index in [2.05, 4.69) is 5.10 Å². The number of rotatable bonds is 4. The van der Waals surface area contributed by atoms with E-state index in [0.29, 0.717) is 11.3 Å². The maximum atomic E-state index is 13.6. The molecule has 3 rings (SSSR count). The molecule has 1 unspecified atom stereocenters. The number of halogens is 3. The van der Waals surface area contributed by atoms with Crippen LogP contribution in [0.2, 0.25) is 0 Å². The molecule has 2 aromatic rings. The Morgan fingerprint density at radius 2 is 1.79 bits per heavy atom. The molecule has 1 atom stereocenters. The van der Waals surface area contributed by atoms with E-state index in [1.165, 1.54) is 0 Å². The first-order valence-corrected chi connectivity index (χ1v) is 8.56. The minimum absolute atomic E-state index is 0.0276. The topological polar surface area (TPSA) is 62.1 Å². The number of carbonyl (C=O) groups excluding carboxylic acids is 1. The fourth-order valence-corrected chi connectivity index (χ4v) is 3.04. The van der Waals surface area contributed by atoms with Crippen LogP contribution in [-0.2, 0) is 4.79 Å². The van der Waals surface area contributed by atoms with E-state index < -0.39 is 30.8 Å². The number of hydrogen-bond donors (Lipinski definition) is 1. The van der Waals surface area contributed by atoms with Gasteiger partial charge in [0.15, 0.2) is 6.61 Å². The van der Waals surface area contributed by atoms with Gasteiger partial charge in [-0.25, -0.2) is 0 Å². The summed E-state index contributed by atoms with van der Waals surface area (Å²) in [5.41, 5.74) is -1.27. The summed E-state index contributed by atoms with van der Waals surface area (Å²) in [5.74, 6) is -0.738. The van der Waals surface area contributed by atoms with Gasteiger partial charge >= 0.3 is 6.18 Å². The fraction of sp³-hybridized carbons (Fsp3) is 0.300. The zero-order chi connectivity index (χ0) is 20.5. The summed E-state index contributed by atoms with van der Waals surface area (Å²) in [5, 5.41) is 14.1. The van der Waals surface area contributed by atoms with Crippen molar-refractivity contribution in [3.63, 3.8) is 0 Å². The molecule has 0 bridgehead atoms. The standard InChI is InChI=1S/C20H19F3N2O3/c1-13-8-14(2)10-16(9-13)28-12-18(26)25-19(27,20(21,22)23)11-17(24-25)15-6-4-3-5-7-15/h3-10,27H,11-12H2,1-2H3.